The number of aliphatic imine (C=N–C) groups is 2. The van der Waals surface area contributed by atoms with E-state index in [1.807, 2.05) is 18.2 Å². The smallest absolute Gasteiger partial charge is 0.0639 e. The molecule has 0 aromatic heterocycles. The van der Waals surface area contributed by atoms with Crippen LogP contribution in [0.3, 0.4) is 0 Å². The molecule has 154 valence electrons. The van der Waals surface area contributed by atoms with Gasteiger partial charge in [-0.3, -0.25) is 9.98 Å². The van der Waals surface area contributed by atoms with E-state index in [4.69, 9.17) is 9.98 Å². The van der Waals surface area contributed by atoms with Gasteiger partial charge in [-0.1, -0.05) is 64.3 Å². The van der Waals surface area contributed by atoms with Crippen LogP contribution in [0.1, 0.15) is 70.9 Å². The molecule has 0 saturated heterocycles. The van der Waals surface area contributed by atoms with Crippen molar-refractivity contribution in [3.63, 3.8) is 0 Å². The Balaban J connectivity index is 0.00000392. The Hall–Kier alpha value is -1.56. The minimum absolute atomic E-state index is 0. The first-order valence-corrected chi connectivity index (χ1v) is 10.5. The second-order valence-corrected chi connectivity index (χ2v) is 7.12. The van der Waals surface area contributed by atoms with E-state index in [0.29, 0.717) is 0 Å². The normalized spacial score (nSPS) is 12.0. The summed E-state index contributed by atoms with van der Waals surface area (Å²) in [6, 6.07) is 16.9. The van der Waals surface area contributed by atoms with Crippen LogP contribution >= 0.6 is 0 Å². The summed E-state index contributed by atoms with van der Waals surface area (Å²) in [5, 5.41) is 0. The zero-order chi connectivity index (χ0) is 19.5. The van der Waals surface area contributed by atoms with Gasteiger partial charge < -0.3 is 0 Å². The molecule has 0 bridgehead atoms. The first-order valence-electron chi connectivity index (χ1n) is 10.5. The van der Waals surface area contributed by atoms with Crippen LogP contribution in [0.25, 0.3) is 0 Å². The maximum Gasteiger partial charge on any atom is 0.0639 e. The largest absolute Gasteiger partial charge is 0.252 e. The van der Waals surface area contributed by atoms with E-state index in [9.17, 15) is 0 Å². The number of rotatable bonds is 10. The van der Waals surface area contributed by atoms with Crippen molar-refractivity contribution < 1.29 is 20.4 Å². The fourth-order valence-corrected chi connectivity index (χ4v) is 3.17. The molecule has 3 heteroatoms. The minimum Gasteiger partial charge on any atom is -0.252 e. The van der Waals surface area contributed by atoms with Crippen molar-refractivity contribution in [1.82, 2.24) is 0 Å². The van der Waals surface area contributed by atoms with E-state index in [2.05, 4.69) is 58.0 Å². The summed E-state index contributed by atoms with van der Waals surface area (Å²) in [6.45, 7) is 8.75. The van der Waals surface area contributed by atoms with E-state index in [1.165, 1.54) is 36.8 Å². The SMILES string of the molecule is CCCCCCC(=N\c1ccccc1)/C(C)=N/c1cc(CC)cc(CC)c1.[Pd]. The molecule has 0 saturated carbocycles. The number of nitrogens with zero attached hydrogens (tertiary/aromatic N) is 2. The average Bonchev–Trinajstić information content (AvgIpc) is 2.70. The van der Waals surface area contributed by atoms with E-state index < -0.39 is 0 Å². The second kappa shape index (κ2) is 13.6. The molecule has 0 atom stereocenters. The standard InChI is InChI=1S/C25H34N2.Pd/c1-5-8-9-13-16-25(27-23-14-11-10-12-15-23)20(4)26-24-18-21(6-2)17-22(7-3)19-24;/h10-12,14-15,17-19H,5-9,13,16H2,1-4H3;/b26-20+,27-25+;. The number of hydrogen-bond acceptors (Lipinski definition) is 2. The zero-order valence-corrected chi connectivity index (χ0v) is 19.3. The summed E-state index contributed by atoms with van der Waals surface area (Å²) in [5.74, 6) is 0. The average molecular weight is 469 g/mol. The molecule has 0 aliphatic rings. The van der Waals surface area contributed by atoms with E-state index >= 15 is 0 Å². The molecule has 2 rings (SSSR count). The molecular weight excluding hydrogens is 435 g/mol. The zero-order valence-electron chi connectivity index (χ0n) is 17.8. The van der Waals surface area contributed by atoms with Crippen molar-refractivity contribution in [2.24, 2.45) is 9.98 Å². The van der Waals surface area contributed by atoms with Crippen molar-refractivity contribution in [3.05, 3.63) is 59.7 Å². The molecule has 0 amide bonds. The van der Waals surface area contributed by atoms with Gasteiger partial charge in [-0.05, 0) is 68.0 Å². The van der Waals surface area contributed by atoms with Crippen LogP contribution in [-0.4, -0.2) is 11.4 Å². The minimum atomic E-state index is 0. The predicted molar refractivity (Wildman–Crippen MR) is 120 cm³/mol. The van der Waals surface area contributed by atoms with Gasteiger partial charge in [-0.25, -0.2) is 0 Å². The van der Waals surface area contributed by atoms with Gasteiger partial charge in [0.1, 0.15) is 0 Å². The predicted octanol–water partition coefficient (Wildman–Crippen LogP) is 7.64. The third-order valence-corrected chi connectivity index (χ3v) is 4.86. The fourth-order valence-electron chi connectivity index (χ4n) is 3.17. The molecule has 2 aromatic rings. The molecule has 0 aliphatic heterocycles. The summed E-state index contributed by atoms with van der Waals surface area (Å²) in [6.07, 6.45) is 8.02. The van der Waals surface area contributed by atoms with Crippen molar-refractivity contribution >= 4 is 22.8 Å². The van der Waals surface area contributed by atoms with Gasteiger partial charge in [-0.2, -0.15) is 0 Å². The van der Waals surface area contributed by atoms with E-state index in [-0.39, 0.29) is 20.4 Å². The van der Waals surface area contributed by atoms with E-state index in [1.54, 1.807) is 0 Å². The van der Waals surface area contributed by atoms with Crippen molar-refractivity contribution in [3.8, 4) is 0 Å². The molecule has 0 N–H and O–H groups in total. The monoisotopic (exact) mass is 468 g/mol. The third-order valence-electron chi connectivity index (χ3n) is 4.86. The van der Waals surface area contributed by atoms with Gasteiger partial charge in [0, 0.05) is 20.4 Å². The molecule has 0 aliphatic carbocycles. The third kappa shape index (κ3) is 8.21. The Bertz CT molecular complexity index is 741. The molecule has 0 spiro atoms. The topological polar surface area (TPSA) is 24.7 Å². The maximum absolute atomic E-state index is 4.96. The molecule has 0 radical (unpaired) electrons. The first-order chi connectivity index (χ1) is 13.2. The Kier molecular flexibility index (Phi) is 11.9. The van der Waals surface area contributed by atoms with Gasteiger partial charge in [0.05, 0.1) is 22.8 Å². The summed E-state index contributed by atoms with van der Waals surface area (Å²) in [5.41, 5.74) is 6.91. The molecule has 0 heterocycles. The first kappa shape index (κ1) is 24.5. The van der Waals surface area contributed by atoms with Gasteiger partial charge >= 0.3 is 0 Å². The van der Waals surface area contributed by atoms with Crippen LogP contribution in [0.5, 0.6) is 0 Å². The van der Waals surface area contributed by atoms with Crippen LogP contribution in [-0.2, 0) is 33.3 Å². The summed E-state index contributed by atoms with van der Waals surface area (Å²) in [4.78, 5) is 9.88. The number of unbranched alkanes of at least 4 members (excludes halogenated alkanes) is 3. The summed E-state index contributed by atoms with van der Waals surface area (Å²) >= 11 is 0. The van der Waals surface area contributed by atoms with Crippen LogP contribution in [0.4, 0.5) is 11.4 Å². The van der Waals surface area contributed by atoms with Gasteiger partial charge in [-0.15, -0.1) is 0 Å². The Morgan fingerprint density at radius 3 is 1.96 bits per heavy atom. The molecular formula is C25H34N2Pd. The van der Waals surface area contributed by atoms with Gasteiger partial charge in [0.15, 0.2) is 0 Å². The van der Waals surface area contributed by atoms with Crippen LogP contribution in [0, 0.1) is 0 Å². The summed E-state index contributed by atoms with van der Waals surface area (Å²) < 4.78 is 0. The van der Waals surface area contributed by atoms with Gasteiger partial charge in [0.25, 0.3) is 0 Å². The summed E-state index contributed by atoms with van der Waals surface area (Å²) in [7, 11) is 0. The van der Waals surface area contributed by atoms with Crippen molar-refractivity contribution in [2.45, 2.75) is 72.6 Å². The van der Waals surface area contributed by atoms with Gasteiger partial charge in [0.2, 0.25) is 0 Å². The maximum atomic E-state index is 4.96. The second-order valence-electron chi connectivity index (χ2n) is 7.12. The molecule has 2 aromatic carbocycles. The Morgan fingerprint density at radius 1 is 0.750 bits per heavy atom. The van der Waals surface area contributed by atoms with E-state index in [0.717, 1.165) is 42.1 Å². The molecule has 2 nitrogen and oxygen atoms in total. The Labute approximate surface area is 185 Å². The van der Waals surface area contributed by atoms with Crippen LogP contribution < -0.4 is 0 Å². The quantitative estimate of drug-likeness (QED) is 0.194. The van der Waals surface area contributed by atoms with Crippen LogP contribution in [0.15, 0.2) is 58.5 Å². The van der Waals surface area contributed by atoms with Crippen molar-refractivity contribution in [2.75, 3.05) is 0 Å². The molecule has 0 fully saturated rings. The van der Waals surface area contributed by atoms with Crippen LogP contribution in [0.2, 0.25) is 0 Å². The van der Waals surface area contributed by atoms with Crippen molar-refractivity contribution in [1.29, 1.82) is 0 Å². The molecule has 28 heavy (non-hydrogen) atoms. The fraction of sp³-hybridized carbons (Fsp3) is 0.440. The number of benzene rings is 2. The number of para-hydroxylation sites is 1. The number of hydrogen-bond donors (Lipinski definition) is 0. The molecule has 0 unspecified atom stereocenters. The number of aryl methyl sites for hydroxylation is 2. The Morgan fingerprint density at radius 2 is 1.39 bits per heavy atom.